The van der Waals surface area contributed by atoms with E-state index >= 15 is 0 Å². The standard InChI is InChI=1S/C21H26FN/c1-23(16-18-6-3-2-4-7-18)15-5-8-17-9-11-19(12-10-17)20-13-14-21(20)22/h2-4,6-7,9-12,20-21H,5,8,13-16H2,1H3. The molecule has 0 bridgehead atoms. The highest BCUT2D eigenvalue weighted by Gasteiger charge is 2.31. The zero-order valence-corrected chi connectivity index (χ0v) is 13.9. The van der Waals surface area contributed by atoms with Gasteiger partial charge in [-0.1, -0.05) is 54.6 Å². The molecule has 1 aliphatic rings. The van der Waals surface area contributed by atoms with Crippen molar-refractivity contribution in [3.8, 4) is 0 Å². The van der Waals surface area contributed by atoms with E-state index in [1.807, 2.05) is 0 Å². The van der Waals surface area contributed by atoms with Crippen molar-refractivity contribution in [2.45, 2.75) is 44.3 Å². The van der Waals surface area contributed by atoms with Gasteiger partial charge in [0.25, 0.3) is 0 Å². The van der Waals surface area contributed by atoms with Gasteiger partial charge < -0.3 is 4.90 Å². The second-order valence-corrected chi connectivity index (χ2v) is 6.77. The lowest BCUT2D eigenvalue weighted by atomic mass is 9.78. The molecule has 2 aromatic rings. The van der Waals surface area contributed by atoms with Crippen LogP contribution in [0.1, 0.15) is 41.9 Å². The number of rotatable bonds is 7. The quantitative estimate of drug-likeness (QED) is 0.698. The largest absolute Gasteiger partial charge is 0.302 e. The summed E-state index contributed by atoms with van der Waals surface area (Å²) in [6, 6.07) is 19.2. The monoisotopic (exact) mass is 311 g/mol. The molecule has 2 unspecified atom stereocenters. The SMILES string of the molecule is CN(CCCc1ccc(C2CCC2F)cc1)Cc1ccccc1. The third-order valence-electron chi connectivity index (χ3n) is 4.90. The van der Waals surface area contributed by atoms with E-state index in [-0.39, 0.29) is 5.92 Å². The number of hydrogen-bond acceptors (Lipinski definition) is 1. The van der Waals surface area contributed by atoms with Gasteiger partial charge in [-0.05, 0) is 56.0 Å². The molecule has 0 aliphatic heterocycles. The van der Waals surface area contributed by atoms with E-state index < -0.39 is 6.17 Å². The van der Waals surface area contributed by atoms with Crippen LogP contribution in [-0.4, -0.2) is 24.7 Å². The molecule has 122 valence electrons. The Morgan fingerprint density at radius 2 is 1.70 bits per heavy atom. The smallest absolute Gasteiger partial charge is 0.107 e. The third-order valence-corrected chi connectivity index (χ3v) is 4.90. The van der Waals surface area contributed by atoms with Crippen molar-refractivity contribution in [2.75, 3.05) is 13.6 Å². The van der Waals surface area contributed by atoms with Gasteiger partial charge in [0.15, 0.2) is 0 Å². The minimum atomic E-state index is -0.618. The van der Waals surface area contributed by atoms with E-state index in [0.29, 0.717) is 0 Å². The van der Waals surface area contributed by atoms with Gasteiger partial charge in [0, 0.05) is 12.5 Å². The summed E-state index contributed by atoms with van der Waals surface area (Å²) in [5, 5.41) is 0. The van der Waals surface area contributed by atoms with Gasteiger partial charge in [-0.2, -0.15) is 0 Å². The predicted octanol–water partition coefficient (Wildman–Crippen LogP) is 4.97. The molecule has 0 spiro atoms. The molecule has 3 rings (SSSR count). The zero-order valence-electron chi connectivity index (χ0n) is 13.9. The first-order valence-corrected chi connectivity index (χ1v) is 8.68. The van der Waals surface area contributed by atoms with Crippen molar-refractivity contribution in [1.82, 2.24) is 4.90 Å². The Kier molecular flexibility index (Phi) is 5.45. The fraction of sp³-hybridized carbons (Fsp3) is 0.429. The molecule has 1 aliphatic carbocycles. The molecule has 0 heterocycles. The summed E-state index contributed by atoms with van der Waals surface area (Å²) < 4.78 is 13.4. The maximum absolute atomic E-state index is 13.4. The van der Waals surface area contributed by atoms with Crippen LogP contribution in [0.4, 0.5) is 4.39 Å². The number of nitrogens with zero attached hydrogens (tertiary/aromatic N) is 1. The Balaban J connectivity index is 1.41. The molecule has 2 atom stereocenters. The van der Waals surface area contributed by atoms with E-state index in [4.69, 9.17) is 0 Å². The highest BCUT2D eigenvalue weighted by Crippen LogP contribution is 2.39. The van der Waals surface area contributed by atoms with E-state index in [0.717, 1.165) is 38.8 Å². The van der Waals surface area contributed by atoms with Crippen LogP contribution in [-0.2, 0) is 13.0 Å². The lowest BCUT2D eigenvalue weighted by molar-refractivity contribution is 0.170. The molecule has 1 fully saturated rings. The van der Waals surface area contributed by atoms with Gasteiger partial charge in [-0.3, -0.25) is 0 Å². The Labute approximate surface area is 139 Å². The van der Waals surface area contributed by atoms with Gasteiger partial charge in [0.2, 0.25) is 0 Å². The van der Waals surface area contributed by atoms with Crippen molar-refractivity contribution < 1.29 is 4.39 Å². The summed E-state index contributed by atoms with van der Waals surface area (Å²) in [6.45, 7) is 2.09. The topological polar surface area (TPSA) is 3.24 Å². The molecule has 23 heavy (non-hydrogen) atoms. The summed E-state index contributed by atoms with van der Waals surface area (Å²) in [6.07, 6.45) is 3.36. The molecular weight excluding hydrogens is 285 g/mol. The minimum absolute atomic E-state index is 0.154. The van der Waals surface area contributed by atoms with E-state index in [2.05, 4.69) is 66.5 Å². The van der Waals surface area contributed by atoms with Crippen LogP contribution in [0.2, 0.25) is 0 Å². The highest BCUT2D eigenvalue weighted by molar-refractivity contribution is 5.28. The number of benzene rings is 2. The fourth-order valence-corrected chi connectivity index (χ4v) is 3.29. The zero-order chi connectivity index (χ0) is 16.1. The van der Waals surface area contributed by atoms with E-state index in [1.165, 1.54) is 16.7 Å². The van der Waals surface area contributed by atoms with E-state index in [1.54, 1.807) is 0 Å². The molecule has 0 amide bonds. The van der Waals surface area contributed by atoms with Gasteiger partial charge in [0.1, 0.15) is 6.17 Å². The van der Waals surface area contributed by atoms with Crippen LogP contribution in [0, 0.1) is 0 Å². The first-order chi connectivity index (χ1) is 11.2. The number of aryl methyl sites for hydroxylation is 1. The molecule has 0 radical (unpaired) electrons. The molecule has 2 heteroatoms. The summed E-state index contributed by atoms with van der Waals surface area (Å²) in [5.74, 6) is 0.154. The molecular formula is C21H26FN. The van der Waals surface area contributed by atoms with Crippen LogP contribution in [0.3, 0.4) is 0 Å². The molecule has 2 aromatic carbocycles. The van der Waals surface area contributed by atoms with Gasteiger partial charge in [-0.15, -0.1) is 0 Å². The maximum Gasteiger partial charge on any atom is 0.107 e. The maximum atomic E-state index is 13.4. The summed E-state index contributed by atoms with van der Waals surface area (Å²) >= 11 is 0. The molecule has 1 nitrogen and oxygen atoms in total. The lowest BCUT2D eigenvalue weighted by Gasteiger charge is -2.30. The number of alkyl halides is 1. The van der Waals surface area contributed by atoms with Gasteiger partial charge >= 0.3 is 0 Å². The first kappa shape index (κ1) is 16.2. The summed E-state index contributed by atoms with van der Waals surface area (Å²) in [7, 11) is 2.17. The van der Waals surface area contributed by atoms with Crippen molar-refractivity contribution in [2.24, 2.45) is 0 Å². The Morgan fingerprint density at radius 3 is 2.30 bits per heavy atom. The van der Waals surface area contributed by atoms with Crippen LogP contribution in [0.5, 0.6) is 0 Å². The van der Waals surface area contributed by atoms with Crippen LogP contribution in [0.25, 0.3) is 0 Å². The predicted molar refractivity (Wildman–Crippen MR) is 94.4 cm³/mol. The van der Waals surface area contributed by atoms with Crippen LogP contribution < -0.4 is 0 Å². The Hall–Kier alpha value is -1.67. The normalized spacial score (nSPS) is 20.5. The third kappa shape index (κ3) is 4.42. The van der Waals surface area contributed by atoms with Crippen molar-refractivity contribution in [3.05, 3.63) is 71.3 Å². The number of hydrogen-bond donors (Lipinski definition) is 0. The second-order valence-electron chi connectivity index (χ2n) is 6.77. The second kappa shape index (κ2) is 7.74. The summed E-state index contributed by atoms with van der Waals surface area (Å²) in [5.41, 5.74) is 3.89. The Morgan fingerprint density at radius 1 is 0.957 bits per heavy atom. The minimum Gasteiger partial charge on any atom is -0.302 e. The van der Waals surface area contributed by atoms with Crippen molar-refractivity contribution >= 4 is 0 Å². The van der Waals surface area contributed by atoms with Crippen LogP contribution >= 0.6 is 0 Å². The highest BCUT2D eigenvalue weighted by atomic mass is 19.1. The number of halogens is 1. The van der Waals surface area contributed by atoms with Crippen LogP contribution in [0.15, 0.2) is 54.6 Å². The summed E-state index contributed by atoms with van der Waals surface area (Å²) in [4.78, 5) is 2.37. The van der Waals surface area contributed by atoms with Crippen molar-refractivity contribution in [1.29, 1.82) is 0 Å². The van der Waals surface area contributed by atoms with E-state index in [9.17, 15) is 4.39 Å². The van der Waals surface area contributed by atoms with Crippen molar-refractivity contribution in [3.63, 3.8) is 0 Å². The van der Waals surface area contributed by atoms with Gasteiger partial charge in [-0.25, -0.2) is 4.39 Å². The average Bonchev–Trinajstić information content (AvgIpc) is 2.56. The lowest BCUT2D eigenvalue weighted by Crippen LogP contribution is -2.24. The first-order valence-electron chi connectivity index (χ1n) is 8.68. The molecule has 1 saturated carbocycles. The Bertz CT molecular complexity index is 593. The van der Waals surface area contributed by atoms with Gasteiger partial charge in [0.05, 0.1) is 0 Å². The fourth-order valence-electron chi connectivity index (χ4n) is 3.29. The molecule has 0 N–H and O–H groups in total. The molecule has 0 saturated heterocycles. The molecule has 0 aromatic heterocycles. The average molecular weight is 311 g/mol.